The van der Waals surface area contributed by atoms with Gasteiger partial charge in [-0.2, -0.15) is 0 Å². The first-order chi connectivity index (χ1) is 6.74. The highest BCUT2D eigenvalue weighted by atomic mass is 16.5. The first-order valence-electron chi connectivity index (χ1n) is 5.97. The van der Waals surface area contributed by atoms with Gasteiger partial charge in [-0.15, -0.1) is 0 Å². The summed E-state index contributed by atoms with van der Waals surface area (Å²) in [6.45, 7) is 8.08. The maximum absolute atomic E-state index is 5.24. The number of methoxy groups -OCH3 is 1. The second kappa shape index (κ2) is 6.41. The molecule has 0 aromatic carbocycles. The average Bonchev–Trinajstić information content (AvgIpc) is 2.53. The number of likely N-dealkylation sites (tertiary alicyclic amines) is 1. The Morgan fingerprint density at radius 2 is 2.21 bits per heavy atom. The van der Waals surface area contributed by atoms with Crippen molar-refractivity contribution in [1.82, 2.24) is 4.90 Å². The largest absolute Gasteiger partial charge is 0.383 e. The summed E-state index contributed by atoms with van der Waals surface area (Å²) >= 11 is 0. The van der Waals surface area contributed by atoms with Crippen LogP contribution in [0, 0.1) is 5.92 Å². The van der Waals surface area contributed by atoms with E-state index < -0.39 is 0 Å². The molecule has 0 amide bonds. The molecule has 1 aliphatic heterocycles. The van der Waals surface area contributed by atoms with Crippen LogP contribution in [0.25, 0.3) is 0 Å². The molecule has 0 radical (unpaired) electrons. The van der Waals surface area contributed by atoms with Gasteiger partial charge in [0, 0.05) is 13.2 Å². The Hall–Kier alpha value is -0.0800. The summed E-state index contributed by atoms with van der Waals surface area (Å²) in [6, 6.07) is 0.701. The minimum atomic E-state index is 0.701. The van der Waals surface area contributed by atoms with E-state index in [1.54, 1.807) is 0 Å². The molecule has 0 unspecified atom stereocenters. The van der Waals surface area contributed by atoms with Crippen molar-refractivity contribution in [3.63, 3.8) is 0 Å². The van der Waals surface area contributed by atoms with E-state index in [9.17, 15) is 0 Å². The molecule has 84 valence electrons. The Morgan fingerprint density at radius 3 is 2.86 bits per heavy atom. The fourth-order valence-electron chi connectivity index (χ4n) is 2.27. The highest BCUT2D eigenvalue weighted by Crippen LogP contribution is 2.18. The summed E-state index contributed by atoms with van der Waals surface area (Å²) in [4.78, 5) is 2.60. The standard InChI is InChI=1S/C12H25NO/c1-11(2)6-4-8-13-9-5-7-12(13)10-14-3/h11-12H,4-10H2,1-3H3/t12-/m1/s1. The maximum atomic E-state index is 5.24. The van der Waals surface area contributed by atoms with Gasteiger partial charge in [0.2, 0.25) is 0 Å². The van der Waals surface area contributed by atoms with Gasteiger partial charge in [0.25, 0.3) is 0 Å². The zero-order valence-electron chi connectivity index (χ0n) is 9.96. The molecule has 2 heteroatoms. The molecule has 1 heterocycles. The van der Waals surface area contributed by atoms with E-state index in [1.807, 2.05) is 7.11 Å². The van der Waals surface area contributed by atoms with Crippen molar-refractivity contribution in [3.8, 4) is 0 Å². The molecular weight excluding hydrogens is 174 g/mol. The molecule has 1 atom stereocenters. The summed E-state index contributed by atoms with van der Waals surface area (Å²) in [5, 5.41) is 0. The van der Waals surface area contributed by atoms with Gasteiger partial charge in [-0.25, -0.2) is 0 Å². The van der Waals surface area contributed by atoms with Gasteiger partial charge >= 0.3 is 0 Å². The van der Waals surface area contributed by atoms with Crippen molar-refractivity contribution in [2.75, 3.05) is 26.8 Å². The third-order valence-corrected chi connectivity index (χ3v) is 3.08. The first-order valence-corrected chi connectivity index (χ1v) is 5.97. The van der Waals surface area contributed by atoms with Crippen molar-refractivity contribution >= 4 is 0 Å². The molecule has 14 heavy (non-hydrogen) atoms. The molecule has 1 aliphatic rings. The van der Waals surface area contributed by atoms with Crippen LogP contribution in [0.15, 0.2) is 0 Å². The lowest BCUT2D eigenvalue weighted by Crippen LogP contribution is -2.33. The van der Waals surface area contributed by atoms with Gasteiger partial charge in [0.1, 0.15) is 0 Å². The van der Waals surface area contributed by atoms with Crippen LogP contribution in [0.4, 0.5) is 0 Å². The van der Waals surface area contributed by atoms with Crippen LogP contribution < -0.4 is 0 Å². The lowest BCUT2D eigenvalue weighted by atomic mass is 10.1. The summed E-state index contributed by atoms with van der Waals surface area (Å²) < 4.78 is 5.24. The van der Waals surface area contributed by atoms with E-state index in [0.29, 0.717) is 6.04 Å². The highest BCUT2D eigenvalue weighted by Gasteiger charge is 2.23. The van der Waals surface area contributed by atoms with E-state index in [-0.39, 0.29) is 0 Å². The van der Waals surface area contributed by atoms with E-state index in [4.69, 9.17) is 4.74 Å². The molecule has 0 aromatic heterocycles. The van der Waals surface area contributed by atoms with E-state index in [1.165, 1.54) is 38.8 Å². The Balaban J connectivity index is 2.15. The van der Waals surface area contributed by atoms with Crippen LogP contribution in [0.2, 0.25) is 0 Å². The molecule has 1 fully saturated rings. The molecule has 0 aromatic rings. The second-order valence-electron chi connectivity index (χ2n) is 4.82. The van der Waals surface area contributed by atoms with Gasteiger partial charge in [0.15, 0.2) is 0 Å². The normalized spacial score (nSPS) is 23.6. The molecule has 0 N–H and O–H groups in total. The molecule has 1 saturated heterocycles. The SMILES string of the molecule is COC[C@H]1CCCN1CCCC(C)C. The molecule has 1 rings (SSSR count). The quantitative estimate of drug-likeness (QED) is 0.652. The van der Waals surface area contributed by atoms with E-state index >= 15 is 0 Å². The highest BCUT2D eigenvalue weighted by molar-refractivity contribution is 4.78. The first kappa shape index (κ1) is 12.0. The zero-order chi connectivity index (χ0) is 10.4. The molecule has 0 spiro atoms. The minimum absolute atomic E-state index is 0.701. The second-order valence-corrected chi connectivity index (χ2v) is 4.82. The number of nitrogens with zero attached hydrogens (tertiary/aromatic N) is 1. The van der Waals surface area contributed by atoms with Crippen LogP contribution in [0.1, 0.15) is 39.5 Å². The molecule has 0 aliphatic carbocycles. The minimum Gasteiger partial charge on any atom is -0.383 e. The third kappa shape index (κ3) is 3.97. The molecular formula is C12H25NO. The van der Waals surface area contributed by atoms with Crippen molar-refractivity contribution in [3.05, 3.63) is 0 Å². The van der Waals surface area contributed by atoms with Crippen molar-refractivity contribution in [1.29, 1.82) is 0 Å². The summed E-state index contributed by atoms with van der Waals surface area (Å²) in [7, 11) is 1.81. The fourth-order valence-corrected chi connectivity index (χ4v) is 2.27. The van der Waals surface area contributed by atoms with Crippen molar-refractivity contribution in [2.45, 2.75) is 45.6 Å². The van der Waals surface area contributed by atoms with Crippen LogP contribution >= 0.6 is 0 Å². The predicted molar refractivity (Wildman–Crippen MR) is 60.5 cm³/mol. The third-order valence-electron chi connectivity index (χ3n) is 3.08. The average molecular weight is 199 g/mol. The fraction of sp³-hybridized carbons (Fsp3) is 1.00. The lowest BCUT2D eigenvalue weighted by Gasteiger charge is -2.23. The van der Waals surface area contributed by atoms with E-state index in [0.717, 1.165) is 12.5 Å². The summed E-state index contributed by atoms with van der Waals surface area (Å²) in [5.74, 6) is 0.846. The number of rotatable bonds is 6. The van der Waals surface area contributed by atoms with Crippen LogP contribution in [0.5, 0.6) is 0 Å². The Bertz CT molecular complexity index is 147. The molecule has 0 bridgehead atoms. The van der Waals surface area contributed by atoms with Crippen molar-refractivity contribution in [2.24, 2.45) is 5.92 Å². The Morgan fingerprint density at radius 1 is 1.43 bits per heavy atom. The van der Waals surface area contributed by atoms with E-state index in [2.05, 4.69) is 18.7 Å². The van der Waals surface area contributed by atoms with Crippen molar-refractivity contribution < 1.29 is 4.74 Å². The Labute approximate surface area is 88.6 Å². The van der Waals surface area contributed by atoms with Gasteiger partial charge in [0.05, 0.1) is 6.61 Å². The number of hydrogen-bond donors (Lipinski definition) is 0. The van der Waals surface area contributed by atoms with Crippen LogP contribution in [0.3, 0.4) is 0 Å². The molecule has 0 saturated carbocycles. The maximum Gasteiger partial charge on any atom is 0.0618 e. The van der Waals surface area contributed by atoms with Crippen LogP contribution in [-0.4, -0.2) is 37.7 Å². The smallest absolute Gasteiger partial charge is 0.0618 e. The van der Waals surface area contributed by atoms with Gasteiger partial charge in [-0.3, -0.25) is 4.90 Å². The van der Waals surface area contributed by atoms with Gasteiger partial charge in [-0.1, -0.05) is 13.8 Å². The van der Waals surface area contributed by atoms with Crippen LogP contribution in [-0.2, 0) is 4.74 Å². The zero-order valence-corrected chi connectivity index (χ0v) is 9.96. The topological polar surface area (TPSA) is 12.5 Å². The predicted octanol–water partition coefficient (Wildman–Crippen LogP) is 2.53. The molecule has 2 nitrogen and oxygen atoms in total. The summed E-state index contributed by atoms with van der Waals surface area (Å²) in [5.41, 5.74) is 0. The number of hydrogen-bond acceptors (Lipinski definition) is 2. The lowest BCUT2D eigenvalue weighted by molar-refractivity contribution is 0.114. The Kier molecular flexibility index (Phi) is 5.49. The monoisotopic (exact) mass is 199 g/mol. The summed E-state index contributed by atoms with van der Waals surface area (Å²) in [6.07, 6.45) is 5.39. The van der Waals surface area contributed by atoms with Gasteiger partial charge < -0.3 is 4.74 Å². The number of ether oxygens (including phenoxy) is 1. The van der Waals surface area contributed by atoms with Gasteiger partial charge in [-0.05, 0) is 44.7 Å².